The maximum Gasteiger partial charge on any atom is 0.0972 e. The van der Waals surface area contributed by atoms with Crippen molar-refractivity contribution >= 4 is 11.6 Å². The average Bonchev–Trinajstić information content (AvgIpc) is 2.79. The fraction of sp³-hybridized carbons (Fsp3) is 0.800. The van der Waals surface area contributed by atoms with Gasteiger partial charge in [-0.1, -0.05) is 43.7 Å². The van der Waals surface area contributed by atoms with Crippen molar-refractivity contribution in [3.05, 3.63) is 16.9 Å². The number of halogens is 1. The Balaban J connectivity index is 1.95. The fourth-order valence-electron chi connectivity index (χ4n) is 3.08. The Bertz CT molecular complexity index is 397. The van der Waals surface area contributed by atoms with Crippen molar-refractivity contribution < 1.29 is 5.11 Å². The molecular formula is C15H25ClN2O. The summed E-state index contributed by atoms with van der Waals surface area (Å²) in [4.78, 5) is 0. The molecule has 1 saturated carbocycles. The first-order valence-electron chi connectivity index (χ1n) is 7.50. The molecule has 1 fully saturated rings. The van der Waals surface area contributed by atoms with Crippen LogP contribution in [-0.2, 0) is 0 Å². The van der Waals surface area contributed by atoms with Crippen LogP contribution in [0.5, 0.6) is 0 Å². The van der Waals surface area contributed by atoms with Crippen molar-refractivity contribution in [2.45, 2.75) is 70.9 Å². The molecule has 1 aromatic heterocycles. The molecule has 108 valence electrons. The SMILES string of the molecule is CC(C)n1ncc(Cl)c1C(O)CCC1CCCCC1. The summed E-state index contributed by atoms with van der Waals surface area (Å²) in [6.07, 6.45) is 9.78. The van der Waals surface area contributed by atoms with Crippen LogP contribution in [0.4, 0.5) is 0 Å². The number of aliphatic hydroxyl groups excluding tert-OH is 1. The monoisotopic (exact) mass is 284 g/mol. The highest BCUT2D eigenvalue weighted by Gasteiger charge is 2.21. The highest BCUT2D eigenvalue weighted by molar-refractivity contribution is 6.31. The van der Waals surface area contributed by atoms with Gasteiger partial charge >= 0.3 is 0 Å². The summed E-state index contributed by atoms with van der Waals surface area (Å²) >= 11 is 6.16. The Labute approximate surface area is 121 Å². The van der Waals surface area contributed by atoms with Gasteiger partial charge in [-0.25, -0.2) is 0 Å². The van der Waals surface area contributed by atoms with E-state index in [-0.39, 0.29) is 6.04 Å². The zero-order valence-electron chi connectivity index (χ0n) is 12.0. The molecule has 0 bridgehead atoms. The number of aliphatic hydroxyl groups is 1. The van der Waals surface area contributed by atoms with Crippen molar-refractivity contribution in [2.75, 3.05) is 0 Å². The van der Waals surface area contributed by atoms with Crippen LogP contribution in [0.3, 0.4) is 0 Å². The summed E-state index contributed by atoms with van der Waals surface area (Å²) in [5, 5.41) is 15.2. The van der Waals surface area contributed by atoms with Crippen LogP contribution >= 0.6 is 11.6 Å². The van der Waals surface area contributed by atoms with Crippen LogP contribution in [0.1, 0.15) is 76.6 Å². The van der Waals surface area contributed by atoms with Gasteiger partial charge in [0.1, 0.15) is 0 Å². The quantitative estimate of drug-likeness (QED) is 0.864. The van der Waals surface area contributed by atoms with Gasteiger partial charge in [-0.15, -0.1) is 0 Å². The third kappa shape index (κ3) is 3.73. The van der Waals surface area contributed by atoms with Crippen LogP contribution in [0, 0.1) is 5.92 Å². The lowest BCUT2D eigenvalue weighted by Gasteiger charge is -2.23. The van der Waals surface area contributed by atoms with Gasteiger partial charge in [-0.05, 0) is 32.6 Å². The second kappa shape index (κ2) is 6.76. The molecule has 1 aromatic rings. The molecule has 0 radical (unpaired) electrons. The molecule has 0 spiro atoms. The van der Waals surface area contributed by atoms with Gasteiger partial charge in [0.05, 0.1) is 23.0 Å². The Morgan fingerprint density at radius 2 is 2.05 bits per heavy atom. The van der Waals surface area contributed by atoms with E-state index in [4.69, 9.17) is 11.6 Å². The van der Waals surface area contributed by atoms with E-state index in [1.807, 2.05) is 4.68 Å². The van der Waals surface area contributed by atoms with Crippen LogP contribution in [-0.4, -0.2) is 14.9 Å². The fourth-order valence-corrected chi connectivity index (χ4v) is 3.34. The molecule has 1 N–H and O–H groups in total. The zero-order chi connectivity index (χ0) is 13.8. The molecule has 1 atom stereocenters. The maximum atomic E-state index is 10.4. The second-order valence-corrected chi connectivity index (χ2v) is 6.42. The van der Waals surface area contributed by atoms with E-state index >= 15 is 0 Å². The Morgan fingerprint density at radius 1 is 1.37 bits per heavy atom. The van der Waals surface area contributed by atoms with Crippen molar-refractivity contribution in [1.29, 1.82) is 0 Å². The number of hydrogen-bond acceptors (Lipinski definition) is 2. The van der Waals surface area contributed by atoms with Gasteiger partial charge in [0.2, 0.25) is 0 Å². The largest absolute Gasteiger partial charge is 0.387 e. The van der Waals surface area contributed by atoms with Gasteiger partial charge in [0.15, 0.2) is 0 Å². The first-order chi connectivity index (χ1) is 9.09. The minimum atomic E-state index is -0.487. The topological polar surface area (TPSA) is 38.0 Å². The summed E-state index contributed by atoms with van der Waals surface area (Å²) < 4.78 is 1.84. The number of hydrogen-bond donors (Lipinski definition) is 1. The normalized spacial score (nSPS) is 19.0. The van der Waals surface area contributed by atoms with Gasteiger partial charge < -0.3 is 5.11 Å². The lowest BCUT2D eigenvalue weighted by molar-refractivity contribution is 0.140. The molecule has 0 amide bonds. The van der Waals surface area contributed by atoms with E-state index in [0.29, 0.717) is 5.02 Å². The van der Waals surface area contributed by atoms with Crippen LogP contribution < -0.4 is 0 Å². The minimum absolute atomic E-state index is 0.229. The summed E-state index contributed by atoms with van der Waals surface area (Å²) in [5.41, 5.74) is 0.785. The molecular weight excluding hydrogens is 260 g/mol. The van der Waals surface area contributed by atoms with Crippen molar-refractivity contribution in [3.63, 3.8) is 0 Å². The number of rotatable bonds is 5. The maximum absolute atomic E-state index is 10.4. The van der Waals surface area contributed by atoms with E-state index in [1.165, 1.54) is 32.1 Å². The van der Waals surface area contributed by atoms with Crippen LogP contribution in [0.15, 0.2) is 6.20 Å². The van der Waals surface area contributed by atoms with Crippen molar-refractivity contribution in [1.82, 2.24) is 9.78 Å². The number of aromatic nitrogens is 2. The van der Waals surface area contributed by atoms with Gasteiger partial charge in [0, 0.05) is 6.04 Å². The molecule has 4 heteroatoms. The summed E-state index contributed by atoms with van der Waals surface area (Å²) in [5.74, 6) is 0.789. The van der Waals surface area contributed by atoms with Crippen LogP contribution in [0.25, 0.3) is 0 Å². The van der Waals surface area contributed by atoms with Gasteiger partial charge in [-0.2, -0.15) is 5.10 Å². The predicted molar refractivity (Wildman–Crippen MR) is 78.4 cm³/mol. The lowest BCUT2D eigenvalue weighted by atomic mass is 9.85. The van der Waals surface area contributed by atoms with Gasteiger partial charge in [0.25, 0.3) is 0 Å². The van der Waals surface area contributed by atoms with E-state index in [0.717, 1.165) is 24.5 Å². The number of nitrogens with zero attached hydrogens (tertiary/aromatic N) is 2. The molecule has 1 aliphatic carbocycles. The lowest BCUT2D eigenvalue weighted by Crippen LogP contribution is -2.13. The van der Waals surface area contributed by atoms with E-state index in [9.17, 15) is 5.11 Å². The third-order valence-corrected chi connectivity index (χ3v) is 4.46. The van der Waals surface area contributed by atoms with Crippen LogP contribution in [0.2, 0.25) is 5.02 Å². The molecule has 3 nitrogen and oxygen atoms in total. The molecule has 2 rings (SSSR count). The Kier molecular flexibility index (Phi) is 5.28. The average molecular weight is 285 g/mol. The first-order valence-corrected chi connectivity index (χ1v) is 7.88. The molecule has 1 unspecified atom stereocenters. The third-order valence-electron chi connectivity index (χ3n) is 4.16. The second-order valence-electron chi connectivity index (χ2n) is 6.01. The molecule has 1 aliphatic rings. The molecule has 0 aliphatic heterocycles. The standard InChI is InChI=1S/C15H25ClN2O/c1-11(2)18-15(13(16)10-17-18)14(19)9-8-12-6-4-3-5-7-12/h10-12,14,19H,3-9H2,1-2H3. The summed E-state index contributed by atoms with van der Waals surface area (Å²) in [6, 6.07) is 0.229. The zero-order valence-corrected chi connectivity index (χ0v) is 12.7. The molecule has 1 heterocycles. The van der Waals surface area contributed by atoms with E-state index in [1.54, 1.807) is 6.20 Å². The summed E-state index contributed by atoms with van der Waals surface area (Å²) in [6.45, 7) is 4.11. The molecule has 0 saturated heterocycles. The highest BCUT2D eigenvalue weighted by atomic mass is 35.5. The van der Waals surface area contributed by atoms with Gasteiger partial charge in [-0.3, -0.25) is 4.68 Å². The Morgan fingerprint density at radius 3 is 2.68 bits per heavy atom. The molecule has 19 heavy (non-hydrogen) atoms. The van der Waals surface area contributed by atoms with Crippen molar-refractivity contribution in [3.8, 4) is 0 Å². The Hall–Kier alpha value is -0.540. The first kappa shape index (κ1) is 14.9. The highest BCUT2D eigenvalue weighted by Crippen LogP contribution is 2.33. The van der Waals surface area contributed by atoms with E-state index < -0.39 is 6.10 Å². The predicted octanol–water partition coefficient (Wildman–Crippen LogP) is 4.51. The summed E-state index contributed by atoms with van der Waals surface area (Å²) in [7, 11) is 0. The smallest absolute Gasteiger partial charge is 0.0972 e. The minimum Gasteiger partial charge on any atom is -0.387 e. The van der Waals surface area contributed by atoms with Crippen molar-refractivity contribution in [2.24, 2.45) is 5.92 Å². The van der Waals surface area contributed by atoms with E-state index in [2.05, 4.69) is 18.9 Å². The molecule has 0 aromatic carbocycles.